The lowest BCUT2D eigenvalue weighted by molar-refractivity contribution is 0.215. The van der Waals surface area contributed by atoms with E-state index in [0.29, 0.717) is 4.62 Å². The molecular weight excluding hydrogens is 206 g/mol. The highest BCUT2D eigenvalue weighted by Crippen LogP contribution is 2.05. The zero-order chi connectivity index (χ0) is 8.10. The topological polar surface area (TPSA) is 21.6 Å². The lowest BCUT2D eigenvalue weighted by Crippen LogP contribution is -1.89. The van der Waals surface area contributed by atoms with Crippen molar-refractivity contribution in [2.75, 3.05) is 7.11 Å². The number of halogens is 1. The van der Waals surface area contributed by atoms with E-state index in [1.165, 1.54) is 7.11 Å². The van der Waals surface area contributed by atoms with Crippen molar-refractivity contribution in [3.05, 3.63) is 35.9 Å². The molecule has 58 valence electrons. The maximum absolute atomic E-state index is 4.60. The molecule has 1 aromatic carbocycles. The molecule has 0 unspecified atom stereocenters. The van der Waals surface area contributed by atoms with E-state index >= 15 is 0 Å². The van der Waals surface area contributed by atoms with Crippen molar-refractivity contribution in [3.8, 4) is 0 Å². The maximum Gasteiger partial charge on any atom is 0.152 e. The lowest BCUT2D eigenvalue weighted by Gasteiger charge is -1.95. The summed E-state index contributed by atoms with van der Waals surface area (Å²) in [6, 6.07) is 9.75. The molecule has 0 heterocycles. The molecule has 0 aliphatic rings. The Labute approximate surface area is 74.0 Å². The monoisotopic (exact) mass is 213 g/mol. The van der Waals surface area contributed by atoms with E-state index in [9.17, 15) is 0 Å². The molecule has 1 rings (SSSR count). The third-order valence-electron chi connectivity index (χ3n) is 1.18. The van der Waals surface area contributed by atoms with E-state index in [1.807, 2.05) is 30.3 Å². The first kappa shape index (κ1) is 8.27. The van der Waals surface area contributed by atoms with Crippen LogP contribution in [0.4, 0.5) is 0 Å². The summed E-state index contributed by atoms with van der Waals surface area (Å²) in [5, 5.41) is 3.73. The molecule has 0 aliphatic carbocycles. The maximum atomic E-state index is 4.60. The van der Waals surface area contributed by atoms with Crippen LogP contribution >= 0.6 is 15.9 Å². The van der Waals surface area contributed by atoms with Gasteiger partial charge in [-0.05, 0) is 15.9 Å². The van der Waals surface area contributed by atoms with Gasteiger partial charge in [-0.3, -0.25) is 0 Å². The Morgan fingerprint density at radius 1 is 1.36 bits per heavy atom. The predicted molar refractivity (Wildman–Crippen MR) is 48.9 cm³/mol. The minimum atomic E-state index is 0.709. The second kappa shape index (κ2) is 4.13. The minimum Gasteiger partial charge on any atom is -0.398 e. The van der Waals surface area contributed by atoms with E-state index in [0.717, 1.165) is 5.56 Å². The Kier molecular flexibility index (Phi) is 3.11. The van der Waals surface area contributed by atoms with Crippen molar-refractivity contribution in [2.24, 2.45) is 5.16 Å². The molecule has 0 amide bonds. The van der Waals surface area contributed by atoms with Crippen LogP contribution in [-0.4, -0.2) is 11.7 Å². The molecule has 3 heteroatoms. The number of hydrogen-bond donors (Lipinski definition) is 0. The van der Waals surface area contributed by atoms with E-state index in [4.69, 9.17) is 0 Å². The standard InChI is InChI=1S/C8H8BrNO/c1-11-10-8(9)7-5-3-2-4-6-7/h2-6H,1H3/b10-8-. The SMILES string of the molecule is CO/N=C(\Br)c1ccccc1. The largest absolute Gasteiger partial charge is 0.398 e. The molecule has 2 nitrogen and oxygen atoms in total. The van der Waals surface area contributed by atoms with Crippen LogP contribution in [0.25, 0.3) is 0 Å². The average Bonchev–Trinajstić information content (AvgIpc) is 2.07. The van der Waals surface area contributed by atoms with Crippen LogP contribution in [0.3, 0.4) is 0 Å². The highest BCUT2D eigenvalue weighted by atomic mass is 79.9. The van der Waals surface area contributed by atoms with Gasteiger partial charge in [0, 0.05) is 5.56 Å². The van der Waals surface area contributed by atoms with Crippen LogP contribution in [0.15, 0.2) is 35.5 Å². The second-order valence-corrected chi connectivity index (χ2v) is 2.68. The van der Waals surface area contributed by atoms with E-state index in [1.54, 1.807) is 0 Å². The van der Waals surface area contributed by atoms with Crippen molar-refractivity contribution in [2.45, 2.75) is 0 Å². The van der Waals surface area contributed by atoms with Gasteiger partial charge in [-0.25, -0.2) is 0 Å². The van der Waals surface area contributed by atoms with Crippen molar-refractivity contribution in [3.63, 3.8) is 0 Å². The summed E-state index contributed by atoms with van der Waals surface area (Å²) in [4.78, 5) is 4.60. The zero-order valence-electron chi connectivity index (χ0n) is 6.12. The summed E-state index contributed by atoms with van der Waals surface area (Å²) >= 11 is 3.27. The number of oxime groups is 1. The molecule has 0 radical (unpaired) electrons. The molecule has 1 aromatic rings. The molecular formula is C8H8BrNO. The van der Waals surface area contributed by atoms with Gasteiger partial charge in [0.25, 0.3) is 0 Å². The summed E-state index contributed by atoms with van der Waals surface area (Å²) < 4.78 is 0.709. The van der Waals surface area contributed by atoms with Gasteiger partial charge < -0.3 is 4.84 Å². The molecule has 0 saturated heterocycles. The third-order valence-corrected chi connectivity index (χ3v) is 1.79. The van der Waals surface area contributed by atoms with Crippen LogP contribution in [0.5, 0.6) is 0 Å². The van der Waals surface area contributed by atoms with Gasteiger partial charge >= 0.3 is 0 Å². The summed E-state index contributed by atoms with van der Waals surface area (Å²) in [7, 11) is 1.52. The Morgan fingerprint density at radius 2 is 2.00 bits per heavy atom. The number of hydrogen-bond acceptors (Lipinski definition) is 2. The summed E-state index contributed by atoms with van der Waals surface area (Å²) in [6.45, 7) is 0. The second-order valence-electron chi connectivity index (χ2n) is 1.93. The summed E-state index contributed by atoms with van der Waals surface area (Å²) in [5.74, 6) is 0. The predicted octanol–water partition coefficient (Wildman–Crippen LogP) is 2.39. The average molecular weight is 214 g/mol. The minimum absolute atomic E-state index is 0.709. The number of nitrogens with zero attached hydrogens (tertiary/aromatic N) is 1. The zero-order valence-corrected chi connectivity index (χ0v) is 7.71. The highest BCUT2D eigenvalue weighted by Gasteiger charge is 1.95. The van der Waals surface area contributed by atoms with Crippen molar-refractivity contribution in [1.82, 2.24) is 0 Å². The fourth-order valence-corrected chi connectivity index (χ4v) is 1.12. The first-order valence-corrected chi connectivity index (χ1v) is 3.96. The normalized spacial score (nSPS) is 11.3. The van der Waals surface area contributed by atoms with Crippen molar-refractivity contribution in [1.29, 1.82) is 0 Å². The van der Waals surface area contributed by atoms with Crippen molar-refractivity contribution >= 4 is 20.6 Å². The van der Waals surface area contributed by atoms with Gasteiger partial charge in [-0.15, -0.1) is 0 Å². The number of benzene rings is 1. The number of rotatable bonds is 2. The smallest absolute Gasteiger partial charge is 0.152 e. The van der Waals surface area contributed by atoms with Gasteiger partial charge in [0.2, 0.25) is 0 Å². The lowest BCUT2D eigenvalue weighted by atomic mass is 10.2. The molecule has 0 aromatic heterocycles. The Morgan fingerprint density at radius 3 is 2.55 bits per heavy atom. The molecule has 11 heavy (non-hydrogen) atoms. The van der Waals surface area contributed by atoms with Crippen LogP contribution in [0.1, 0.15) is 5.56 Å². The molecule has 0 spiro atoms. The van der Waals surface area contributed by atoms with Gasteiger partial charge in [0.15, 0.2) is 4.62 Å². The van der Waals surface area contributed by atoms with Crippen LogP contribution in [-0.2, 0) is 4.84 Å². The molecule has 0 aliphatic heterocycles. The molecule has 0 saturated carbocycles. The van der Waals surface area contributed by atoms with E-state index < -0.39 is 0 Å². The fraction of sp³-hybridized carbons (Fsp3) is 0.125. The van der Waals surface area contributed by atoms with Crippen LogP contribution in [0.2, 0.25) is 0 Å². The Hall–Kier alpha value is -0.830. The quantitative estimate of drug-likeness (QED) is 0.547. The van der Waals surface area contributed by atoms with Crippen LogP contribution < -0.4 is 0 Å². The van der Waals surface area contributed by atoms with Gasteiger partial charge in [-0.1, -0.05) is 35.5 Å². The van der Waals surface area contributed by atoms with E-state index in [2.05, 4.69) is 25.9 Å². The summed E-state index contributed by atoms with van der Waals surface area (Å²) in [5.41, 5.74) is 1.01. The molecule has 0 N–H and O–H groups in total. The highest BCUT2D eigenvalue weighted by molar-refractivity contribution is 9.18. The van der Waals surface area contributed by atoms with Gasteiger partial charge in [0.05, 0.1) is 0 Å². The van der Waals surface area contributed by atoms with Crippen LogP contribution in [0, 0.1) is 0 Å². The molecule has 0 bridgehead atoms. The Bertz CT molecular complexity index is 246. The molecule has 0 atom stereocenters. The molecule has 0 fully saturated rings. The first-order chi connectivity index (χ1) is 5.34. The van der Waals surface area contributed by atoms with E-state index in [-0.39, 0.29) is 0 Å². The van der Waals surface area contributed by atoms with Gasteiger partial charge in [-0.2, -0.15) is 0 Å². The van der Waals surface area contributed by atoms with Crippen molar-refractivity contribution < 1.29 is 4.84 Å². The van der Waals surface area contributed by atoms with Gasteiger partial charge in [0.1, 0.15) is 7.11 Å². The third kappa shape index (κ3) is 2.35. The first-order valence-electron chi connectivity index (χ1n) is 3.16. The summed E-state index contributed by atoms with van der Waals surface area (Å²) in [6.07, 6.45) is 0. The fourth-order valence-electron chi connectivity index (χ4n) is 0.709. The Balaban J connectivity index is 2.85.